The van der Waals surface area contributed by atoms with Crippen LogP contribution in [0, 0.1) is 0 Å². The van der Waals surface area contributed by atoms with Gasteiger partial charge >= 0.3 is 0 Å². The Morgan fingerprint density at radius 1 is 1.29 bits per heavy atom. The molecule has 1 atom stereocenters. The molecule has 2 aromatic rings. The zero-order chi connectivity index (χ0) is 14.8. The Morgan fingerprint density at radius 2 is 2.14 bits per heavy atom. The molecule has 21 heavy (non-hydrogen) atoms. The summed E-state index contributed by atoms with van der Waals surface area (Å²) in [6.45, 7) is 3.12. The summed E-state index contributed by atoms with van der Waals surface area (Å²) >= 11 is 12.1. The number of nitrogens with zero attached hydrogens (tertiary/aromatic N) is 2. The van der Waals surface area contributed by atoms with Crippen molar-refractivity contribution in [2.75, 3.05) is 6.54 Å². The van der Waals surface area contributed by atoms with Gasteiger partial charge in [0.05, 0.1) is 21.9 Å². The van der Waals surface area contributed by atoms with Crippen LogP contribution in [0.15, 0.2) is 24.4 Å². The molecule has 1 aliphatic carbocycles. The van der Waals surface area contributed by atoms with Gasteiger partial charge in [0.2, 0.25) is 0 Å². The Labute approximate surface area is 135 Å². The van der Waals surface area contributed by atoms with Gasteiger partial charge in [-0.2, -0.15) is 5.10 Å². The van der Waals surface area contributed by atoms with Crippen LogP contribution in [-0.4, -0.2) is 16.3 Å². The number of fused-ring (bicyclic) bond motifs is 1. The van der Waals surface area contributed by atoms with Crippen molar-refractivity contribution in [2.45, 2.75) is 38.6 Å². The first-order valence-electron chi connectivity index (χ1n) is 7.46. The van der Waals surface area contributed by atoms with Crippen molar-refractivity contribution in [3.63, 3.8) is 0 Å². The van der Waals surface area contributed by atoms with Crippen molar-refractivity contribution >= 4 is 23.2 Å². The van der Waals surface area contributed by atoms with E-state index in [-0.39, 0.29) is 0 Å². The molecule has 0 aliphatic heterocycles. The smallest absolute Gasteiger partial charge is 0.0664 e. The van der Waals surface area contributed by atoms with Crippen LogP contribution in [0.25, 0.3) is 5.69 Å². The maximum absolute atomic E-state index is 6.14. The number of rotatable bonds is 3. The zero-order valence-electron chi connectivity index (χ0n) is 12.1. The van der Waals surface area contributed by atoms with Gasteiger partial charge < -0.3 is 5.32 Å². The molecule has 1 heterocycles. The van der Waals surface area contributed by atoms with Crippen LogP contribution >= 0.6 is 23.2 Å². The van der Waals surface area contributed by atoms with Crippen LogP contribution in [-0.2, 0) is 6.42 Å². The third-order valence-electron chi connectivity index (χ3n) is 4.03. The largest absolute Gasteiger partial charge is 0.310 e. The number of hydrogen-bond acceptors (Lipinski definition) is 2. The first kappa shape index (κ1) is 14.9. The molecule has 0 bridgehead atoms. The molecule has 3 rings (SSSR count). The second-order valence-corrected chi connectivity index (χ2v) is 6.23. The molecule has 112 valence electrons. The Hall–Kier alpha value is -1.03. The van der Waals surface area contributed by atoms with Gasteiger partial charge in [-0.3, -0.25) is 0 Å². The quantitative estimate of drug-likeness (QED) is 0.839. The molecule has 0 spiro atoms. The third kappa shape index (κ3) is 2.96. The summed E-state index contributed by atoms with van der Waals surface area (Å²) < 4.78 is 2.01. The van der Waals surface area contributed by atoms with Gasteiger partial charge in [0.25, 0.3) is 0 Å². The van der Waals surface area contributed by atoms with Gasteiger partial charge in [-0.15, -0.1) is 0 Å². The van der Waals surface area contributed by atoms with Gasteiger partial charge in [0, 0.05) is 17.3 Å². The normalized spacial score (nSPS) is 18.3. The highest BCUT2D eigenvalue weighted by atomic mass is 35.5. The molecule has 1 unspecified atom stereocenters. The minimum Gasteiger partial charge on any atom is -0.310 e. The Balaban J connectivity index is 2.03. The van der Waals surface area contributed by atoms with Gasteiger partial charge in [-0.25, -0.2) is 4.68 Å². The summed E-state index contributed by atoms with van der Waals surface area (Å²) in [4.78, 5) is 0. The average molecular weight is 324 g/mol. The van der Waals surface area contributed by atoms with E-state index < -0.39 is 0 Å². The number of nitrogens with one attached hydrogen (secondary N) is 1. The van der Waals surface area contributed by atoms with Crippen LogP contribution in [0.5, 0.6) is 0 Å². The van der Waals surface area contributed by atoms with Gasteiger partial charge in [0.15, 0.2) is 0 Å². The molecule has 0 radical (unpaired) electrons. The van der Waals surface area contributed by atoms with Crippen molar-refractivity contribution in [2.24, 2.45) is 0 Å². The van der Waals surface area contributed by atoms with Crippen LogP contribution < -0.4 is 5.32 Å². The highest BCUT2D eigenvalue weighted by Gasteiger charge is 2.22. The topological polar surface area (TPSA) is 29.9 Å². The van der Waals surface area contributed by atoms with Gasteiger partial charge in [-0.05, 0) is 44.0 Å². The van der Waals surface area contributed by atoms with Crippen molar-refractivity contribution in [1.29, 1.82) is 0 Å². The standard InChI is InChI=1S/C16H19Cl2N3/c1-2-19-15-5-3-4-6-16-12(15)10-20-21(16)11-7-8-13(17)14(18)9-11/h7-10,15,19H,2-6H2,1H3. The Morgan fingerprint density at radius 3 is 2.90 bits per heavy atom. The van der Waals surface area contributed by atoms with Crippen LogP contribution in [0.2, 0.25) is 10.0 Å². The maximum atomic E-state index is 6.14. The molecular weight excluding hydrogens is 305 g/mol. The number of benzene rings is 1. The highest BCUT2D eigenvalue weighted by Crippen LogP contribution is 2.31. The minimum absolute atomic E-state index is 0.407. The molecule has 1 aromatic carbocycles. The van der Waals surface area contributed by atoms with E-state index in [0.717, 1.165) is 18.7 Å². The van der Waals surface area contributed by atoms with Gasteiger partial charge in [-0.1, -0.05) is 36.5 Å². The fourth-order valence-corrected chi connectivity index (χ4v) is 3.31. The van der Waals surface area contributed by atoms with E-state index in [1.54, 1.807) is 0 Å². The molecule has 1 aromatic heterocycles. The molecule has 0 amide bonds. The van der Waals surface area contributed by atoms with E-state index in [0.29, 0.717) is 16.1 Å². The molecule has 0 saturated heterocycles. The number of aromatic nitrogens is 2. The van der Waals surface area contributed by atoms with E-state index in [4.69, 9.17) is 23.2 Å². The van der Waals surface area contributed by atoms with E-state index in [1.165, 1.54) is 30.5 Å². The molecule has 1 aliphatic rings. The molecule has 5 heteroatoms. The lowest BCUT2D eigenvalue weighted by atomic mass is 10.1. The number of halogens is 2. The molecule has 3 nitrogen and oxygen atoms in total. The number of hydrogen-bond donors (Lipinski definition) is 1. The van der Waals surface area contributed by atoms with Crippen molar-refractivity contribution in [1.82, 2.24) is 15.1 Å². The fraction of sp³-hybridized carbons (Fsp3) is 0.438. The lowest BCUT2D eigenvalue weighted by Crippen LogP contribution is -2.20. The predicted octanol–water partition coefficient (Wildman–Crippen LogP) is 4.56. The summed E-state index contributed by atoms with van der Waals surface area (Å²) in [6.07, 6.45) is 6.66. The molecule has 0 fully saturated rings. The van der Waals surface area contributed by atoms with Crippen LogP contribution in [0.1, 0.15) is 43.5 Å². The summed E-state index contributed by atoms with van der Waals surface area (Å²) in [5.41, 5.74) is 3.58. The summed E-state index contributed by atoms with van der Waals surface area (Å²) in [5, 5.41) is 9.29. The molecule has 1 N–H and O–H groups in total. The summed E-state index contributed by atoms with van der Waals surface area (Å²) in [5.74, 6) is 0. The monoisotopic (exact) mass is 323 g/mol. The lowest BCUT2D eigenvalue weighted by Gasteiger charge is -2.15. The molecule has 0 saturated carbocycles. The maximum Gasteiger partial charge on any atom is 0.0664 e. The van der Waals surface area contributed by atoms with Crippen molar-refractivity contribution in [3.8, 4) is 5.69 Å². The van der Waals surface area contributed by atoms with Crippen molar-refractivity contribution < 1.29 is 0 Å². The SMILES string of the molecule is CCNC1CCCCc2c1cnn2-c1ccc(Cl)c(Cl)c1. The first-order chi connectivity index (χ1) is 10.2. The Bertz CT molecular complexity index is 636. The van der Waals surface area contributed by atoms with Crippen LogP contribution in [0.4, 0.5) is 0 Å². The van der Waals surface area contributed by atoms with E-state index in [1.807, 2.05) is 29.1 Å². The second kappa shape index (κ2) is 6.39. The lowest BCUT2D eigenvalue weighted by molar-refractivity contribution is 0.503. The average Bonchev–Trinajstić information content (AvgIpc) is 2.79. The minimum atomic E-state index is 0.407. The highest BCUT2D eigenvalue weighted by molar-refractivity contribution is 6.42. The molecular formula is C16H19Cl2N3. The third-order valence-corrected chi connectivity index (χ3v) is 4.77. The predicted molar refractivity (Wildman–Crippen MR) is 87.6 cm³/mol. The van der Waals surface area contributed by atoms with E-state index in [9.17, 15) is 0 Å². The van der Waals surface area contributed by atoms with Gasteiger partial charge in [0.1, 0.15) is 0 Å². The second-order valence-electron chi connectivity index (χ2n) is 5.41. The Kier molecular flexibility index (Phi) is 4.53. The van der Waals surface area contributed by atoms with Crippen LogP contribution in [0.3, 0.4) is 0 Å². The fourth-order valence-electron chi connectivity index (χ4n) is 3.02. The first-order valence-corrected chi connectivity index (χ1v) is 8.22. The van der Waals surface area contributed by atoms with E-state index in [2.05, 4.69) is 17.3 Å². The van der Waals surface area contributed by atoms with E-state index >= 15 is 0 Å². The van der Waals surface area contributed by atoms with Crippen molar-refractivity contribution in [3.05, 3.63) is 45.7 Å². The summed E-state index contributed by atoms with van der Waals surface area (Å²) in [6, 6.07) is 6.08. The summed E-state index contributed by atoms with van der Waals surface area (Å²) in [7, 11) is 0. The zero-order valence-corrected chi connectivity index (χ0v) is 13.6.